The van der Waals surface area contributed by atoms with E-state index in [0.29, 0.717) is 18.2 Å². The van der Waals surface area contributed by atoms with E-state index in [1.165, 1.54) is 11.2 Å². The summed E-state index contributed by atoms with van der Waals surface area (Å²) in [5.41, 5.74) is 0. The summed E-state index contributed by atoms with van der Waals surface area (Å²) in [5.74, 6) is 0.897. The van der Waals surface area contributed by atoms with E-state index in [2.05, 4.69) is 30.6 Å². The second-order valence-electron chi connectivity index (χ2n) is 4.10. The fourth-order valence-corrected chi connectivity index (χ4v) is 2.11. The molecule has 0 aromatic carbocycles. The molecule has 0 unspecified atom stereocenters. The van der Waals surface area contributed by atoms with Crippen molar-refractivity contribution in [3.05, 3.63) is 35.1 Å². The van der Waals surface area contributed by atoms with Gasteiger partial charge in [0.15, 0.2) is 6.10 Å². The highest BCUT2D eigenvalue weighted by Crippen LogP contribution is 2.22. The summed E-state index contributed by atoms with van der Waals surface area (Å²) < 4.78 is 16.1. The third-order valence-electron chi connectivity index (χ3n) is 2.69. The minimum Gasteiger partial charge on any atom is -0.471 e. The third-order valence-corrected chi connectivity index (χ3v) is 3.18. The highest BCUT2D eigenvalue weighted by atomic mass is 79.9. The van der Waals surface area contributed by atoms with Crippen LogP contribution in [0.2, 0.25) is 0 Å². The number of rotatable bonds is 4. The first-order chi connectivity index (χ1) is 9.72. The first-order valence-electron chi connectivity index (χ1n) is 5.85. The van der Waals surface area contributed by atoms with Crippen molar-refractivity contribution in [1.82, 2.24) is 10.1 Å². The minimum atomic E-state index is -0.440. The molecule has 1 amide bonds. The van der Waals surface area contributed by atoms with Crippen molar-refractivity contribution in [3.63, 3.8) is 0 Å². The number of carbonyl (C=O) groups is 1. The zero-order valence-electron chi connectivity index (χ0n) is 10.2. The number of hydrogen-bond donors (Lipinski definition) is 0. The lowest BCUT2D eigenvalue weighted by molar-refractivity contribution is 0.102. The molecule has 1 aliphatic rings. The van der Waals surface area contributed by atoms with E-state index in [9.17, 15) is 4.79 Å². The molecule has 1 fully saturated rings. The number of anilines is 1. The summed E-state index contributed by atoms with van der Waals surface area (Å²) >= 11 is 3.34. The van der Waals surface area contributed by atoms with Gasteiger partial charge in [-0.3, -0.25) is 4.90 Å². The van der Waals surface area contributed by atoms with Gasteiger partial charge >= 0.3 is 6.09 Å². The lowest BCUT2D eigenvalue weighted by atomic mass is 10.3. The Balaban J connectivity index is 1.63. The van der Waals surface area contributed by atoms with E-state index in [-0.39, 0.29) is 12.7 Å². The van der Waals surface area contributed by atoms with Crippen molar-refractivity contribution in [2.75, 3.05) is 18.1 Å². The fourth-order valence-electron chi connectivity index (χ4n) is 1.79. The summed E-state index contributed by atoms with van der Waals surface area (Å²) in [4.78, 5) is 17.4. The summed E-state index contributed by atoms with van der Waals surface area (Å²) in [6, 6.07) is 5.13. The lowest BCUT2D eigenvalue weighted by Gasteiger charge is -2.11. The van der Waals surface area contributed by atoms with Gasteiger partial charge < -0.3 is 14.0 Å². The van der Waals surface area contributed by atoms with Crippen LogP contribution in [0.25, 0.3) is 0 Å². The Bertz CT molecular complexity index is 605. The Morgan fingerprint density at radius 3 is 3.15 bits per heavy atom. The predicted molar refractivity (Wildman–Crippen MR) is 71.6 cm³/mol. The van der Waals surface area contributed by atoms with Gasteiger partial charge in [0.2, 0.25) is 0 Å². The van der Waals surface area contributed by atoms with Crippen molar-refractivity contribution >= 4 is 27.8 Å². The number of carbonyl (C=O) groups excluding carboxylic acids is 1. The van der Waals surface area contributed by atoms with Gasteiger partial charge in [0, 0.05) is 16.7 Å². The molecule has 0 N–H and O–H groups in total. The van der Waals surface area contributed by atoms with Crippen LogP contribution in [0, 0.1) is 0 Å². The Morgan fingerprint density at radius 1 is 1.50 bits per heavy atom. The minimum absolute atomic E-state index is 0.211. The molecule has 0 saturated carbocycles. The van der Waals surface area contributed by atoms with Crippen LogP contribution in [-0.4, -0.2) is 35.5 Å². The summed E-state index contributed by atoms with van der Waals surface area (Å²) in [6.45, 7) is 0.586. The third kappa shape index (κ3) is 2.74. The number of aromatic nitrogens is 2. The monoisotopic (exact) mass is 339 g/mol. The van der Waals surface area contributed by atoms with Gasteiger partial charge in [-0.05, 0) is 17.3 Å². The summed E-state index contributed by atoms with van der Waals surface area (Å²) in [7, 11) is 0. The van der Waals surface area contributed by atoms with Gasteiger partial charge in [-0.15, -0.1) is 0 Å². The second-order valence-corrected chi connectivity index (χ2v) is 5.01. The van der Waals surface area contributed by atoms with Crippen LogP contribution in [0.5, 0.6) is 5.88 Å². The molecule has 20 heavy (non-hydrogen) atoms. The largest absolute Gasteiger partial charge is 0.471 e. The molecule has 2 aromatic heterocycles. The number of cyclic esters (lactones) is 1. The van der Waals surface area contributed by atoms with E-state index in [4.69, 9.17) is 9.47 Å². The number of pyridine rings is 1. The van der Waals surface area contributed by atoms with Gasteiger partial charge in [-0.25, -0.2) is 9.78 Å². The molecule has 1 aliphatic heterocycles. The molecule has 3 rings (SSSR count). The number of nitrogens with zero attached hydrogens (tertiary/aromatic N) is 3. The molecule has 0 spiro atoms. The van der Waals surface area contributed by atoms with Crippen LogP contribution in [-0.2, 0) is 4.74 Å². The van der Waals surface area contributed by atoms with Crippen LogP contribution in [0.4, 0.5) is 10.6 Å². The Labute approximate surface area is 122 Å². The van der Waals surface area contributed by atoms with Crippen molar-refractivity contribution in [2.45, 2.75) is 6.10 Å². The van der Waals surface area contributed by atoms with E-state index in [1.54, 1.807) is 24.4 Å². The maximum absolute atomic E-state index is 11.8. The molecule has 3 heterocycles. The highest BCUT2D eigenvalue weighted by molar-refractivity contribution is 9.10. The molecule has 0 aliphatic carbocycles. The predicted octanol–water partition coefficient (Wildman–Crippen LogP) is 2.24. The zero-order valence-corrected chi connectivity index (χ0v) is 11.8. The maximum atomic E-state index is 11.8. The number of hydrogen-bond acceptors (Lipinski definition) is 6. The van der Waals surface area contributed by atoms with E-state index in [0.717, 1.165) is 4.47 Å². The second kappa shape index (κ2) is 5.49. The summed E-state index contributed by atoms with van der Waals surface area (Å²) in [6.07, 6.45) is 2.21. The van der Waals surface area contributed by atoms with Gasteiger partial charge in [0.1, 0.15) is 18.7 Å². The molecular formula is C12H10BrN3O4. The van der Waals surface area contributed by atoms with Gasteiger partial charge in [0.25, 0.3) is 5.88 Å². The molecule has 104 valence electrons. The molecule has 7 nitrogen and oxygen atoms in total. The topological polar surface area (TPSA) is 77.7 Å². The van der Waals surface area contributed by atoms with Crippen LogP contribution < -0.4 is 9.64 Å². The van der Waals surface area contributed by atoms with Crippen LogP contribution in [0.15, 0.2) is 39.7 Å². The van der Waals surface area contributed by atoms with Gasteiger partial charge in [0.05, 0.1) is 6.54 Å². The smallest absolute Gasteiger partial charge is 0.416 e. The quantitative estimate of drug-likeness (QED) is 0.849. The van der Waals surface area contributed by atoms with Crippen molar-refractivity contribution in [1.29, 1.82) is 0 Å². The van der Waals surface area contributed by atoms with Crippen LogP contribution in [0.1, 0.15) is 0 Å². The van der Waals surface area contributed by atoms with Gasteiger partial charge in [-0.1, -0.05) is 15.9 Å². The molecule has 8 heteroatoms. The van der Waals surface area contributed by atoms with E-state index < -0.39 is 6.09 Å². The van der Waals surface area contributed by atoms with Gasteiger partial charge in [-0.2, -0.15) is 0 Å². The van der Waals surface area contributed by atoms with Crippen LogP contribution >= 0.6 is 15.9 Å². The molecule has 2 aromatic rings. The molecule has 1 saturated heterocycles. The first-order valence-corrected chi connectivity index (χ1v) is 6.64. The Kier molecular flexibility index (Phi) is 3.55. The molecular weight excluding hydrogens is 330 g/mol. The normalized spacial score (nSPS) is 18.1. The Morgan fingerprint density at radius 2 is 2.40 bits per heavy atom. The average Bonchev–Trinajstić information content (AvgIpc) is 3.05. The van der Waals surface area contributed by atoms with Crippen molar-refractivity contribution < 1.29 is 18.8 Å². The van der Waals surface area contributed by atoms with E-state index in [1.807, 2.05) is 0 Å². The first kappa shape index (κ1) is 12.9. The fraction of sp³-hybridized carbons (Fsp3) is 0.250. The highest BCUT2D eigenvalue weighted by Gasteiger charge is 2.33. The SMILES string of the molecule is O=C1O[C@@H](COc2ccon2)CN1c1cc(Br)ccn1. The molecule has 1 atom stereocenters. The number of amides is 1. The lowest BCUT2D eigenvalue weighted by Crippen LogP contribution is -2.27. The number of ether oxygens (including phenoxy) is 2. The maximum Gasteiger partial charge on any atom is 0.416 e. The average molecular weight is 340 g/mol. The summed E-state index contributed by atoms with van der Waals surface area (Å²) in [5, 5.41) is 3.62. The zero-order chi connectivity index (χ0) is 13.9. The van der Waals surface area contributed by atoms with Crippen molar-refractivity contribution in [2.24, 2.45) is 0 Å². The van der Waals surface area contributed by atoms with Crippen LogP contribution in [0.3, 0.4) is 0 Å². The molecule has 0 bridgehead atoms. The standard InChI is InChI=1S/C12H10BrN3O4/c13-8-1-3-14-10(5-8)16-6-9(20-12(16)17)7-18-11-2-4-19-15-11/h1-5,9H,6-7H2/t9-/m1/s1. The van der Waals surface area contributed by atoms with Crippen molar-refractivity contribution in [3.8, 4) is 5.88 Å². The Hall–Kier alpha value is -2.09. The number of halogens is 1. The molecule has 0 radical (unpaired) electrons. The van der Waals surface area contributed by atoms with E-state index >= 15 is 0 Å².